The summed E-state index contributed by atoms with van der Waals surface area (Å²) in [6.45, 7) is 1.04. The molecule has 2 rings (SSSR count). The maximum Gasteiger partial charge on any atom is 0.513 e. The lowest BCUT2D eigenvalue weighted by Gasteiger charge is -2.36. The lowest BCUT2D eigenvalue weighted by Crippen LogP contribution is -2.50. The minimum atomic E-state index is -4.22. The molecule has 70 valence electrons. The predicted octanol–water partition coefficient (Wildman–Crippen LogP) is 1.23. The number of rotatable bonds is 0. The average Bonchev–Trinajstić information content (AvgIpc) is 2.02. The first-order valence-electron chi connectivity index (χ1n) is 4.03. The SMILES string of the molecule is O=P1(F)OC[C@@H]2NCCC[C@@H]2O1. The van der Waals surface area contributed by atoms with E-state index in [1.54, 1.807) is 0 Å². The zero-order valence-electron chi connectivity index (χ0n) is 6.53. The van der Waals surface area contributed by atoms with Crippen molar-refractivity contribution < 1.29 is 17.8 Å². The third-order valence-corrected chi connectivity index (χ3v) is 3.17. The van der Waals surface area contributed by atoms with E-state index >= 15 is 0 Å². The Morgan fingerprint density at radius 1 is 1.58 bits per heavy atom. The summed E-state index contributed by atoms with van der Waals surface area (Å²) in [5.41, 5.74) is 0. The van der Waals surface area contributed by atoms with Crippen LogP contribution in [-0.4, -0.2) is 25.3 Å². The van der Waals surface area contributed by atoms with Crippen LogP contribution in [0.5, 0.6) is 0 Å². The molecule has 0 aromatic carbocycles. The number of piperidine rings is 1. The van der Waals surface area contributed by atoms with Crippen LogP contribution in [0.2, 0.25) is 0 Å². The first kappa shape index (κ1) is 8.63. The molecule has 2 aliphatic heterocycles. The summed E-state index contributed by atoms with van der Waals surface area (Å²) < 4.78 is 32.6. The van der Waals surface area contributed by atoms with Crippen molar-refractivity contribution in [3.63, 3.8) is 0 Å². The van der Waals surface area contributed by atoms with Gasteiger partial charge >= 0.3 is 7.91 Å². The molecule has 0 aromatic heterocycles. The number of fused-ring (bicyclic) bond motifs is 1. The maximum absolute atomic E-state index is 12.7. The van der Waals surface area contributed by atoms with Crippen LogP contribution in [0.3, 0.4) is 0 Å². The van der Waals surface area contributed by atoms with Crippen molar-refractivity contribution in [3.05, 3.63) is 0 Å². The second kappa shape index (κ2) is 3.07. The van der Waals surface area contributed by atoms with Crippen LogP contribution in [0, 0.1) is 0 Å². The molecular formula is C6H11FNO3P. The zero-order chi connectivity index (χ0) is 8.60. The summed E-state index contributed by atoms with van der Waals surface area (Å²) in [4.78, 5) is 0. The van der Waals surface area contributed by atoms with E-state index in [1.807, 2.05) is 0 Å². The van der Waals surface area contributed by atoms with Crippen molar-refractivity contribution in [1.82, 2.24) is 5.32 Å². The highest BCUT2D eigenvalue weighted by Gasteiger charge is 2.40. The van der Waals surface area contributed by atoms with Gasteiger partial charge in [0.1, 0.15) is 0 Å². The van der Waals surface area contributed by atoms with E-state index in [0.717, 1.165) is 19.4 Å². The average molecular weight is 195 g/mol. The molecule has 2 fully saturated rings. The lowest BCUT2D eigenvalue weighted by atomic mass is 10.0. The Hall–Kier alpha value is 0.0400. The fourth-order valence-corrected chi connectivity index (χ4v) is 2.55. The van der Waals surface area contributed by atoms with Gasteiger partial charge in [-0.3, -0.25) is 9.05 Å². The topological polar surface area (TPSA) is 47.6 Å². The molecule has 3 atom stereocenters. The quantitative estimate of drug-likeness (QED) is 0.590. The van der Waals surface area contributed by atoms with Gasteiger partial charge in [-0.1, -0.05) is 0 Å². The molecule has 6 heteroatoms. The van der Waals surface area contributed by atoms with Crippen molar-refractivity contribution in [2.24, 2.45) is 0 Å². The maximum atomic E-state index is 12.7. The Morgan fingerprint density at radius 2 is 2.42 bits per heavy atom. The van der Waals surface area contributed by atoms with Crippen molar-refractivity contribution in [3.8, 4) is 0 Å². The van der Waals surface area contributed by atoms with Gasteiger partial charge in [0, 0.05) is 0 Å². The number of halogens is 1. The zero-order valence-corrected chi connectivity index (χ0v) is 7.43. The highest BCUT2D eigenvalue weighted by Crippen LogP contribution is 2.54. The summed E-state index contributed by atoms with van der Waals surface area (Å²) in [7, 11) is -4.22. The molecule has 0 saturated carbocycles. The van der Waals surface area contributed by atoms with Gasteiger partial charge < -0.3 is 5.32 Å². The van der Waals surface area contributed by atoms with Gasteiger partial charge in [0.05, 0.1) is 18.8 Å². The van der Waals surface area contributed by atoms with Gasteiger partial charge in [0.2, 0.25) is 0 Å². The van der Waals surface area contributed by atoms with E-state index < -0.39 is 7.91 Å². The minimum Gasteiger partial charge on any atom is -0.309 e. The Labute approximate surface area is 70.1 Å². The normalized spacial score (nSPS) is 48.4. The van der Waals surface area contributed by atoms with Crippen LogP contribution >= 0.6 is 7.91 Å². The van der Waals surface area contributed by atoms with Gasteiger partial charge in [-0.2, -0.15) is 0 Å². The van der Waals surface area contributed by atoms with E-state index in [1.165, 1.54) is 0 Å². The number of hydrogen-bond donors (Lipinski definition) is 1. The summed E-state index contributed by atoms with van der Waals surface area (Å²) in [6, 6.07) is 0.0107. The third kappa shape index (κ3) is 1.69. The van der Waals surface area contributed by atoms with Gasteiger partial charge in [0.15, 0.2) is 0 Å². The molecule has 2 aliphatic rings. The second-order valence-electron chi connectivity index (χ2n) is 3.07. The van der Waals surface area contributed by atoms with Crippen molar-refractivity contribution >= 4 is 7.91 Å². The van der Waals surface area contributed by atoms with Gasteiger partial charge in [-0.15, -0.1) is 4.20 Å². The predicted molar refractivity (Wildman–Crippen MR) is 40.6 cm³/mol. The van der Waals surface area contributed by atoms with E-state index in [4.69, 9.17) is 0 Å². The molecule has 0 bridgehead atoms. The minimum absolute atomic E-state index is 0.0107. The Morgan fingerprint density at radius 3 is 3.25 bits per heavy atom. The summed E-state index contributed by atoms with van der Waals surface area (Å²) in [5, 5.41) is 3.12. The highest BCUT2D eigenvalue weighted by molar-refractivity contribution is 7.48. The Balaban J connectivity index is 2.03. The van der Waals surface area contributed by atoms with Crippen LogP contribution in [-0.2, 0) is 13.6 Å². The van der Waals surface area contributed by atoms with Crippen molar-refractivity contribution in [1.29, 1.82) is 0 Å². The van der Waals surface area contributed by atoms with Gasteiger partial charge in [-0.25, -0.2) is 4.57 Å². The van der Waals surface area contributed by atoms with Gasteiger partial charge in [0.25, 0.3) is 0 Å². The first-order valence-corrected chi connectivity index (χ1v) is 5.47. The van der Waals surface area contributed by atoms with Crippen LogP contribution in [0.4, 0.5) is 4.20 Å². The Bertz CT molecular complexity index is 225. The molecule has 2 saturated heterocycles. The van der Waals surface area contributed by atoms with E-state index in [0.29, 0.717) is 0 Å². The number of hydrogen-bond acceptors (Lipinski definition) is 4. The van der Waals surface area contributed by atoms with Gasteiger partial charge in [-0.05, 0) is 19.4 Å². The number of nitrogens with one attached hydrogen (secondary N) is 1. The van der Waals surface area contributed by atoms with Crippen LogP contribution in [0.1, 0.15) is 12.8 Å². The molecule has 0 aliphatic carbocycles. The van der Waals surface area contributed by atoms with Crippen molar-refractivity contribution in [2.75, 3.05) is 13.2 Å². The fraction of sp³-hybridized carbons (Fsp3) is 1.00. The molecule has 0 radical (unpaired) electrons. The largest absolute Gasteiger partial charge is 0.513 e. The summed E-state index contributed by atoms with van der Waals surface area (Å²) in [5.74, 6) is 0. The van der Waals surface area contributed by atoms with Crippen LogP contribution in [0.15, 0.2) is 0 Å². The molecule has 0 amide bonds. The van der Waals surface area contributed by atoms with E-state index in [-0.39, 0.29) is 18.8 Å². The summed E-state index contributed by atoms with van der Waals surface area (Å²) in [6.07, 6.45) is 1.42. The van der Waals surface area contributed by atoms with E-state index in [9.17, 15) is 8.76 Å². The molecule has 0 aromatic rings. The monoisotopic (exact) mass is 195 g/mol. The smallest absolute Gasteiger partial charge is 0.309 e. The molecule has 4 nitrogen and oxygen atoms in total. The molecular weight excluding hydrogens is 184 g/mol. The lowest BCUT2D eigenvalue weighted by molar-refractivity contribution is 0.0139. The standard InChI is InChI=1S/C6H11FNO3P/c7-12(9)10-4-5-6(11-12)2-1-3-8-5/h5-6,8H,1-4H2/t5-,6-,12?/m0/s1. The second-order valence-corrected chi connectivity index (χ2v) is 4.40. The molecule has 0 spiro atoms. The fourth-order valence-electron chi connectivity index (χ4n) is 1.58. The third-order valence-electron chi connectivity index (χ3n) is 2.19. The van der Waals surface area contributed by atoms with Crippen LogP contribution in [0.25, 0.3) is 0 Å². The molecule has 1 N–H and O–H groups in total. The molecule has 2 heterocycles. The molecule has 12 heavy (non-hydrogen) atoms. The first-order chi connectivity index (χ1) is 5.67. The Kier molecular flexibility index (Phi) is 2.21. The highest BCUT2D eigenvalue weighted by atomic mass is 31.2. The van der Waals surface area contributed by atoms with Crippen molar-refractivity contribution in [2.45, 2.75) is 25.0 Å². The summed E-state index contributed by atoms with van der Waals surface area (Å²) >= 11 is 0. The van der Waals surface area contributed by atoms with E-state index in [2.05, 4.69) is 14.4 Å². The molecule has 1 unspecified atom stereocenters. The van der Waals surface area contributed by atoms with Crippen LogP contribution < -0.4 is 5.32 Å².